The van der Waals surface area contributed by atoms with Crippen molar-refractivity contribution in [3.63, 3.8) is 0 Å². The molecule has 0 radical (unpaired) electrons. The lowest BCUT2D eigenvalue weighted by Crippen LogP contribution is -2.30. The Morgan fingerprint density at radius 3 is 2.43 bits per heavy atom. The minimum absolute atomic E-state index is 0.271. The maximum Gasteiger partial charge on any atom is 0.269 e. The van der Waals surface area contributed by atoms with Crippen molar-refractivity contribution in [2.24, 2.45) is 0 Å². The number of ether oxygens (including phenoxy) is 1. The lowest BCUT2D eigenvalue weighted by atomic mass is 10.2. The first-order valence-corrected chi connectivity index (χ1v) is 9.28. The second-order valence-electron chi connectivity index (χ2n) is 5.65. The molecular weight excluding hydrogens is 424 g/mol. The lowest BCUT2D eigenvalue weighted by molar-refractivity contribution is 0.0962. The number of halogens is 1. The fourth-order valence-corrected chi connectivity index (χ4v) is 2.59. The Morgan fingerprint density at radius 1 is 1.07 bits per heavy atom. The first-order chi connectivity index (χ1) is 13.6. The summed E-state index contributed by atoms with van der Waals surface area (Å²) in [6.45, 7) is 2.53. The maximum absolute atomic E-state index is 12.2. The van der Waals surface area contributed by atoms with E-state index in [0.717, 1.165) is 15.9 Å². The molecule has 28 heavy (non-hydrogen) atoms. The van der Waals surface area contributed by atoms with Crippen LogP contribution in [0.25, 0.3) is 0 Å². The van der Waals surface area contributed by atoms with Crippen molar-refractivity contribution in [1.82, 2.24) is 15.4 Å². The highest BCUT2D eigenvalue weighted by atomic mass is 79.9. The van der Waals surface area contributed by atoms with Gasteiger partial charge >= 0.3 is 0 Å². The Morgan fingerprint density at radius 2 is 1.75 bits per heavy atom. The van der Waals surface area contributed by atoms with Crippen molar-refractivity contribution >= 4 is 44.8 Å². The molecule has 2 aromatic carbocycles. The normalized spacial score (nSPS) is 10.2. The van der Waals surface area contributed by atoms with Crippen LogP contribution in [0.4, 0.5) is 23.0 Å². The van der Waals surface area contributed by atoms with E-state index in [1.54, 1.807) is 24.3 Å². The van der Waals surface area contributed by atoms with Crippen molar-refractivity contribution in [1.29, 1.82) is 0 Å². The molecule has 0 aliphatic heterocycles. The van der Waals surface area contributed by atoms with Gasteiger partial charge in [-0.05, 0) is 55.5 Å². The Balaban J connectivity index is 1.66. The molecule has 0 aliphatic rings. The average molecular weight is 443 g/mol. The van der Waals surface area contributed by atoms with E-state index in [9.17, 15) is 4.79 Å². The molecule has 5 N–H and O–H groups in total. The molecule has 0 unspecified atom stereocenters. The van der Waals surface area contributed by atoms with E-state index in [2.05, 4.69) is 42.1 Å². The number of anilines is 4. The summed E-state index contributed by atoms with van der Waals surface area (Å²) in [6, 6.07) is 14.4. The third kappa shape index (κ3) is 4.89. The number of nitrogens with one attached hydrogen (secondary N) is 3. The molecule has 0 atom stereocenters. The highest BCUT2D eigenvalue weighted by molar-refractivity contribution is 9.10. The number of hydrogen-bond donors (Lipinski definition) is 4. The lowest BCUT2D eigenvalue weighted by Gasteiger charge is -2.13. The number of aromatic nitrogens is 2. The molecule has 144 valence electrons. The highest BCUT2D eigenvalue weighted by Gasteiger charge is 2.10. The minimum atomic E-state index is -0.313. The largest absolute Gasteiger partial charge is 0.494 e. The smallest absolute Gasteiger partial charge is 0.269 e. The van der Waals surface area contributed by atoms with Gasteiger partial charge in [0.05, 0.1) is 6.61 Å². The second kappa shape index (κ2) is 9.05. The standard InChI is InChI=1S/C19H19BrN6O2/c1-2-28-15-9-7-14(8-10-15)24-17-16(21)18(23-11-22-17)25-26-19(27)12-3-5-13(20)6-4-12/h3-11H,2,21H2,1H3,(H,26,27)(H2,22,23,24,25). The number of rotatable bonds is 7. The summed E-state index contributed by atoms with van der Waals surface area (Å²) < 4.78 is 6.31. The van der Waals surface area contributed by atoms with E-state index in [1.807, 2.05) is 31.2 Å². The van der Waals surface area contributed by atoms with Crippen LogP contribution in [0, 0.1) is 0 Å². The van der Waals surface area contributed by atoms with E-state index in [4.69, 9.17) is 10.5 Å². The fraction of sp³-hybridized carbons (Fsp3) is 0.105. The van der Waals surface area contributed by atoms with Crippen LogP contribution in [0.15, 0.2) is 59.3 Å². The van der Waals surface area contributed by atoms with Gasteiger partial charge in [0.25, 0.3) is 5.91 Å². The quantitative estimate of drug-likeness (QED) is 0.412. The Labute approximate surface area is 170 Å². The van der Waals surface area contributed by atoms with E-state index < -0.39 is 0 Å². The summed E-state index contributed by atoms with van der Waals surface area (Å²) in [5.74, 6) is 1.17. The van der Waals surface area contributed by atoms with Gasteiger partial charge in [-0.15, -0.1) is 0 Å². The molecule has 8 nitrogen and oxygen atoms in total. The molecule has 0 bridgehead atoms. The van der Waals surface area contributed by atoms with Crippen molar-refractivity contribution in [2.45, 2.75) is 6.92 Å². The van der Waals surface area contributed by atoms with Gasteiger partial charge in [0.1, 0.15) is 17.8 Å². The zero-order chi connectivity index (χ0) is 19.9. The average Bonchev–Trinajstić information content (AvgIpc) is 2.70. The summed E-state index contributed by atoms with van der Waals surface area (Å²) in [4.78, 5) is 20.4. The predicted molar refractivity (Wildman–Crippen MR) is 113 cm³/mol. The monoisotopic (exact) mass is 442 g/mol. The van der Waals surface area contributed by atoms with Gasteiger partial charge in [-0.1, -0.05) is 15.9 Å². The van der Waals surface area contributed by atoms with E-state index >= 15 is 0 Å². The zero-order valence-corrected chi connectivity index (χ0v) is 16.7. The molecule has 3 rings (SSSR count). The summed E-state index contributed by atoms with van der Waals surface area (Å²) in [7, 11) is 0. The van der Waals surface area contributed by atoms with Gasteiger partial charge in [0.2, 0.25) is 0 Å². The van der Waals surface area contributed by atoms with Gasteiger partial charge in [-0.2, -0.15) is 0 Å². The number of hydrogen-bond acceptors (Lipinski definition) is 7. The summed E-state index contributed by atoms with van der Waals surface area (Å²) in [5, 5.41) is 3.12. The van der Waals surface area contributed by atoms with Crippen LogP contribution >= 0.6 is 15.9 Å². The first kappa shape index (κ1) is 19.4. The van der Waals surface area contributed by atoms with Crippen LogP contribution in [-0.4, -0.2) is 22.5 Å². The number of hydrazine groups is 1. The van der Waals surface area contributed by atoms with E-state index in [0.29, 0.717) is 18.0 Å². The zero-order valence-electron chi connectivity index (χ0n) is 15.1. The van der Waals surface area contributed by atoms with Crippen LogP contribution < -0.4 is 26.6 Å². The van der Waals surface area contributed by atoms with E-state index in [-0.39, 0.29) is 17.4 Å². The van der Waals surface area contributed by atoms with Crippen molar-refractivity contribution in [3.8, 4) is 5.75 Å². The molecule has 9 heteroatoms. The van der Waals surface area contributed by atoms with Gasteiger partial charge < -0.3 is 15.8 Å². The van der Waals surface area contributed by atoms with Crippen LogP contribution in [0.1, 0.15) is 17.3 Å². The Hall–Kier alpha value is -3.33. The predicted octanol–water partition coefficient (Wildman–Crippen LogP) is 3.72. The summed E-state index contributed by atoms with van der Waals surface area (Å²) in [6.07, 6.45) is 1.35. The topological polar surface area (TPSA) is 114 Å². The molecule has 0 saturated carbocycles. The molecule has 1 aromatic heterocycles. The number of carbonyl (C=O) groups excluding carboxylic acids is 1. The minimum Gasteiger partial charge on any atom is -0.494 e. The van der Waals surface area contributed by atoms with Crippen LogP contribution in [0.3, 0.4) is 0 Å². The maximum atomic E-state index is 12.2. The molecule has 1 heterocycles. The Kier molecular flexibility index (Phi) is 6.28. The Bertz CT molecular complexity index is 948. The van der Waals surface area contributed by atoms with Crippen LogP contribution in [0.5, 0.6) is 5.75 Å². The molecule has 0 spiro atoms. The number of carbonyl (C=O) groups is 1. The van der Waals surface area contributed by atoms with Crippen LogP contribution in [-0.2, 0) is 0 Å². The SMILES string of the molecule is CCOc1ccc(Nc2ncnc(NNC(=O)c3ccc(Br)cc3)c2N)cc1. The number of nitrogen functional groups attached to an aromatic ring is 1. The van der Waals surface area contributed by atoms with Gasteiger partial charge in [0, 0.05) is 15.7 Å². The number of benzene rings is 2. The highest BCUT2D eigenvalue weighted by Crippen LogP contribution is 2.26. The molecule has 0 aliphatic carbocycles. The van der Waals surface area contributed by atoms with E-state index in [1.165, 1.54) is 6.33 Å². The first-order valence-electron chi connectivity index (χ1n) is 8.49. The third-order valence-corrected chi connectivity index (χ3v) is 4.24. The van der Waals surface area contributed by atoms with Gasteiger partial charge in [-0.3, -0.25) is 15.6 Å². The summed E-state index contributed by atoms with van der Waals surface area (Å²) in [5.41, 5.74) is 13.0. The van der Waals surface area contributed by atoms with Gasteiger partial charge in [0.15, 0.2) is 11.6 Å². The number of amides is 1. The molecule has 1 amide bonds. The van der Waals surface area contributed by atoms with Crippen molar-refractivity contribution in [2.75, 3.05) is 23.1 Å². The number of nitrogens with zero attached hydrogens (tertiary/aromatic N) is 2. The van der Waals surface area contributed by atoms with Crippen molar-refractivity contribution in [3.05, 3.63) is 64.9 Å². The fourth-order valence-electron chi connectivity index (χ4n) is 2.32. The molecule has 0 saturated heterocycles. The van der Waals surface area contributed by atoms with Crippen molar-refractivity contribution < 1.29 is 9.53 Å². The second-order valence-corrected chi connectivity index (χ2v) is 6.57. The third-order valence-electron chi connectivity index (χ3n) is 3.71. The molecule has 0 fully saturated rings. The van der Waals surface area contributed by atoms with Gasteiger partial charge in [-0.25, -0.2) is 9.97 Å². The summed E-state index contributed by atoms with van der Waals surface area (Å²) >= 11 is 3.33. The van der Waals surface area contributed by atoms with Crippen LogP contribution in [0.2, 0.25) is 0 Å². The molecule has 3 aromatic rings. The molecular formula is C19H19BrN6O2. The number of nitrogens with two attached hydrogens (primary N) is 1.